The summed E-state index contributed by atoms with van der Waals surface area (Å²) in [7, 11) is 0. The number of fused-ring (bicyclic) bond motifs is 1. The van der Waals surface area contributed by atoms with Crippen molar-refractivity contribution in [2.45, 2.75) is 0 Å². The number of hydrogen-bond acceptors (Lipinski definition) is 6. The van der Waals surface area contributed by atoms with Gasteiger partial charge in [0.15, 0.2) is 5.58 Å². The fraction of sp³-hybridized carbons (Fsp3) is 0. The van der Waals surface area contributed by atoms with E-state index in [2.05, 4.69) is 15.2 Å². The molecule has 2 heterocycles. The van der Waals surface area contributed by atoms with E-state index < -0.39 is 0 Å². The predicted octanol–water partition coefficient (Wildman–Crippen LogP) is 2.36. The van der Waals surface area contributed by atoms with Crippen molar-refractivity contribution in [2.24, 2.45) is 0 Å². The Morgan fingerprint density at radius 2 is 1.86 bits per heavy atom. The number of aromatic hydroxyl groups is 1. The second kappa shape index (κ2) is 4.59. The van der Waals surface area contributed by atoms with Crippen LogP contribution in [0.4, 0.5) is 5.69 Å². The minimum Gasteiger partial charge on any atom is -0.507 e. The van der Waals surface area contributed by atoms with Gasteiger partial charge < -0.3 is 15.3 Å². The SMILES string of the molecule is Nc1ccc(-c2nc3cc(-n4cnnc4)ccc3o2)c(O)c1. The second-order valence-electron chi connectivity index (χ2n) is 4.82. The van der Waals surface area contributed by atoms with Crippen LogP contribution in [-0.2, 0) is 0 Å². The Hall–Kier alpha value is -3.35. The number of rotatable bonds is 2. The molecule has 108 valence electrons. The summed E-state index contributed by atoms with van der Waals surface area (Å²) in [5, 5.41) is 17.5. The predicted molar refractivity (Wildman–Crippen MR) is 80.4 cm³/mol. The lowest BCUT2D eigenvalue weighted by Crippen LogP contribution is -1.89. The lowest BCUT2D eigenvalue weighted by Gasteiger charge is -2.00. The van der Waals surface area contributed by atoms with Gasteiger partial charge in [-0.05, 0) is 30.3 Å². The van der Waals surface area contributed by atoms with Gasteiger partial charge in [-0.1, -0.05) is 0 Å². The third kappa shape index (κ3) is 1.96. The van der Waals surface area contributed by atoms with E-state index in [9.17, 15) is 5.11 Å². The van der Waals surface area contributed by atoms with E-state index >= 15 is 0 Å². The van der Waals surface area contributed by atoms with Gasteiger partial charge in [0, 0.05) is 11.8 Å². The van der Waals surface area contributed by atoms with Gasteiger partial charge in [0.2, 0.25) is 5.89 Å². The Balaban J connectivity index is 1.84. The van der Waals surface area contributed by atoms with Crippen LogP contribution < -0.4 is 5.73 Å². The van der Waals surface area contributed by atoms with Crippen molar-refractivity contribution in [1.82, 2.24) is 19.7 Å². The zero-order valence-electron chi connectivity index (χ0n) is 11.3. The quantitative estimate of drug-likeness (QED) is 0.550. The standard InChI is InChI=1S/C15H11N5O2/c16-9-1-3-11(13(21)5-9)15-19-12-6-10(2-4-14(12)22-15)20-7-17-18-8-20/h1-8,21H,16H2. The van der Waals surface area contributed by atoms with Crippen LogP contribution in [0, 0.1) is 0 Å². The average molecular weight is 293 g/mol. The molecule has 0 bridgehead atoms. The summed E-state index contributed by atoms with van der Waals surface area (Å²) < 4.78 is 7.47. The summed E-state index contributed by atoms with van der Waals surface area (Å²) in [6.45, 7) is 0. The molecule has 7 heteroatoms. The number of aromatic nitrogens is 4. The highest BCUT2D eigenvalue weighted by molar-refractivity contribution is 5.79. The Bertz CT molecular complexity index is 959. The fourth-order valence-corrected chi connectivity index (χ4v) is 2.26. The molecule has 0 aliphatic rings. The molecule has 3 N–H and O–H groups in total. The van der Waals surface area contributed by atoms with Crippen molar-refractivity contribution in [1.29, 1.82) is 0 Å². The van der Waals surface area contributed by atoms with Gasteiger partial charge >= 0.3 is 0 Å². The number of benzene rings is 2. The monoisotopic (exact) mass is 293 g/mol. The summed E-state index contributed by atoms with van der Waals surface area (Å²) in [4.78, 5) is 4.42. The van der Waals surface area contributed by atoms with Gasteiger partial charge in [0.1, 0.15) is 23.9 Å². The Morgan fingerprint density at radius 1 is 1.05 bits per heavy atom. The van der Waals surface area contributed by atoms with Crippen molar-refractivity contribution in [3.8, 4) is 22.9 Å². The van der Waals surface area contributed by atoms with Crippen molar-refractivity contribution in [3.63, 3.8) is 0 Å². The molecule has 0 saturated carbocycles. The largest absolute Gasteiger partial charge is 0.507 e. The van der Waals surface area contributed by atoms with Crippen LogP contribution in [0.2, 0.25) is 0 Å². The first-order valence-corrected chi connectivity index (χ1v) is 6.55. The van der Waals surface area contributed by atoms with E-state index in [1.165, 1.54) is 6.07 Å². The van der Waals surface area contributed by atoms with Gasteiger partial charge in [-0.2, -0.15) is 0 Å². The maximum absolute atomic E-state index is 9.97. The second-order valence-corrected chi connectivity index (χ2v) is 4.82. The van der Waals surface area contributed by atoms with Gasteiger partial charge in [-0.3, -0.25) is 4.57 Å². The molecule has 0 atom stereocenters. The summed E-state index contributed by atoms with van der Waals surface area (Å²) >= 11 is 0. The number of nitrogens with two attached hydrogens (primary N) is 1. The van der Waals surface area contributed by atoms with Crippen LogP contribution in [0.5, 0.6) is 5.75 Å². The van der Waals surface area contributed by atoms with Crippen molar-refractivity contribution < 1.29 is 9.52 Å². The molecule has 2 aromatic carbocycles. The lowest BCUT2D eigenvalue weighted by atomic mass is 10.2. The van der Waals surface area contributed by atoms with E-state index in [0.717, 1.165) is 5.69 Å². The molecule has 0 amide bonds. The average Bonchev–Trinajstić information content (AvgIpc) is 3.15. The molecular formula is C15H11N5O2. The molecule has 22 heavy (non-hydrogen) atoms. The molecule has 0 spiro atoms. The third-order valence-electron chi connectivity index (χ3n) is 3.34. The van der Waals surface area contributed by atoms with E-state index in [-0.39, 0.29) is 5.75 Å². The van der Waals surface area contributed by atoms with Crippen LogP contribution in [0.15, 0.2) is 53.5 Å². The van der Waals surface area contributed by atoms with Crippen LogP contribution >= 0.6 is 0 Å². The first-order chi connectivity index (χ1) is 10.7. The topological polar surface area (TPSA) is 103 Å². The molecule has 4 rings (SSSR count). The Kier molecular flexibility index (Phi) is 2.59. The van der Waals surface area contributed by atoms with Crippen molar-refractivity contribution >= 4 is 16.8 Å². The smallest absolute Gasteiger partial charge is 0.231 e. The molecule has 0 saturated heterocycles. The Labute approximate surface area is 124 Å². The number of oxazole rings is 1. The minimum absolute atomic E-state index is 0.0330. The van der Waals surface area contributed by atoms with E-state index in [4.69, 9.17) is 10.2 Å². The zero-order valence-corrected chi connectivity index (χ0v) is 11.3. The zero-order chi connectivity index (χ0) is 15.1. The molecule has 0 unspecified atom stereocenters. The highest BCUT2D eigenvalue weighted by atomic mass is 16.3. The summed E-state index contributed by atoms with van der Waals surface area (Å²) in [5.74, 6) is 0.374. The molecule has 0 fully saturated rings. The van der Waals surface area contributed by atoms with Crippen molar-refractivity contribution in [3.05, 3.63) is 49.1 Å². The normalized spacial score (nSPS) is 11.1. The minimum atomic E-state index is 0.0330. The summed E-state index contributed by atoms with van der Waals surface area (Å²) in [6, 6.07) is 10.4. The van der Waals surface area contributed by atoms with Gasteiger partial charge in [0.25, 0.3) is 0 Å². The maximum atomic E-state index is 9.97. The van der Waals surface area contributed by atoms with Crippen LogP contribution in [0.25, 0.3) is 28.2 Å². The maximum Gasteiger partial charge on any atom is 0.231 e. The van der Waals surface area contributed by atoms with Crippen LogP contribution in [-0.4, -0.2) is 24.9 Å². The van der Waals surface area contributed by atoms with Gasteiger partial charge in [0.05, 0.1) is 11.3 Å². The molecule has 0 radical (unpaired) electrons. The molecule has 0 aliphatic heterocycles. The fourth-order valence-electron chi connectivity index (χ4n) is 2.26. The molecular weight excluding hydrogens is 282 g/mol. The van der Waals surface area contributed by atoms with E-state index in [1.54, 1.807) is 29.4 Å². The molecule has 0 aliphatic carbocycles. The highest BCUT2D eigenvalue weighted by Gasteiger charge is 2.13. The Morgan fingerprint density at radius 3 is 2.64 bits per heavy atom. The third-order valence-corrected chi connectivity index (χ3v) is 3.34. The number of phenols is 1. The molecule has 7 nitrogen and oxygen atoms in total. The number of nitrogen functional groups attached to an aromatic ring is 1. The number of phenolic OH excluding ortho intramolecular Hbond substituents is 1. The number of anilines is 1. The van der Waals surface area contributed by atoms with E-state index in [0.29, 0.717) is 28.2 Å². The van der Waals surface area contributed by atoms with Crippen LogP contribution in [0.3, 0.4) is 0 Å². The number of hydrogen-bond donors (Lipinski definition) is 2. The summed E-state index contributed by atoms with van der Waals surface area (Å²) in [5.41, 5.74) is 8.78. The van der Waals surface area contributed by atoms with E-state index in [1.807, 2.05) is 18.2 Å². The van der Waals surface area contributed by atoms with Crippen LogP contribution in [0.1, 0.15) is 0 Å². The summed E-state index contributed by atoms with van der Waals surface area (Å²) in [6.07, 6.45) is 3.21. The number of nitrogens with zero attached hydrogens (tertiary/aromatic N) is 4. The van der Waals surface area contributed by atoms with Gasteiger partial charge in [-0.25, -0.2) is 4.98 Å². The first kappa shape index (κ1) is 12.4. The first-order valence-electron chi connectivity index (χ1n) is 6.55. The van der Waals surface area contributed by atoms with Gasteiger partial charge in [-0.15, -0.1) is 10.2 Å². The lowest BCUT2D eigenvalue weighted by molar-refractivity contribution is 0.474. The molecule has 4 aromatic rings. The molecule has 2 aromatic heterocycles. The van der Waals surface area contributed by atoms with Crippen molar-refractivity contribution in [2.75, 3.05) is 5.73 Å². The highest BCUT2D eigenvalue weighted by Crippen LogP contribution is 2.32.